The first-order valence-corrected chi connectivity index (χ1v) is 22.1. The Morgan fingerprint density at radius 2 is 1.03 bits per heavy atom. The molecule has 0 radical (unpaired) electrons. The van der Waals surface area contributed by atoms with Gasteiger partial charge in [0.2, 0.25) is 0 Å². The summed E-state index contributed by atoms with van der Waals surface area (Å²) in [6.45, 7) is 17.1. The molecular weight excluding hydrogens is 775 g/mol. The second-order valence-corrected chi connectivity index (χ2v) is 18.7. The van der Waals surface area contributed by atoms with Gasteiger partial charge in [0.1, 0.15) is 0 Å². The predicted molar refractivity (Wildman–Crippen MR) is 265 cm³/mol. The van der Waals surface area contributed by atoms with Crippen molar-refractivity contribution in [3.8, 4) is 28.3 Å². The van der Waals surface area contributed by atoms with Crippen LogP contribution in [0.4, 0.5) is 22.7 Å². The summed E-state index contributed by atoms with van der Waals surface area (Å²) in [5.41, 5.74) is 18.3. The van der Waals surface area contributed by atoms with Crippen LogP contribution in [0.15, 0.2) is 182 Å². The van der Waals surface area contributed by atoms with E-state index in [1.54, 1.807) is 0 Å². The summed E-state index contributed by atoms with van der Waals surface area (Å²) in [7, 11) is 0. The fourth-order valence-corrected chi connectivity index (χ4v) is 11.4. The van der Waals surface area contributed by atoms with E-state index in [1.165, 1.54) is 82.6 Å². The summed E-state index contributed by atoms with van der Waals surface area (Å²) >= 11 is 0. The van der Waals surface area contributed by atoms with E-state index in [9.17, 15) is 5.26 Å². The zero-order valence-electron chi connectivity index (χ0n) is 36.2. The molecule has 2 aliphatic rings. The van der Waals surface area contributed by atoms with E-state index in [0.717, 1.165) is 28.0 Å². The van der Waals surface area contributed by atoms with Gasteiger partial charge in [0.25, 0.3) is 0 Å². The first-order chi connectivity index (χ1) is 31.1. The monoisotopic (exact) mass is 817 g/mol. The van der Waals surface area contributed by atoms with Crippen LogP contribution in [-0.2, 0) is 10.8 Å². The lowest BCUT2D eigenvalue weighted by Gasteiger charge is -2.30. The number of benzene rings is 10. The minimum atomic E-state index is -0.164. The maximum Gasteiger partial charge on any atom is 0.187 e. The van der Waals surface area contributed by atoms with Crippen molar-refractivity contribution in [2.75, 3.05) is 4.90 Å². The minimum Gasteiger partial charge on any atom is -0.310 e. The van der Waals surface area contributed by atoms with Crippen molar-refractivity contribution in [2.45, 2.75) is 44.4 Å². The van der Waals surface area contributed by atoms with Crippen LogP contribution in [-0.4, -0.2) is 0 Å². The average molecular weight is 818 g/mol. The number of hydrogen-bond donors (Lipinski definition) is 0. The number of hydrogen-bond acceptors (Lipinski definition) is 2. The van der Waals surface area contributed by atoms with Gasteiger partial charge in [-0.25, -0.2) is 4.85 Å². The van der Waals surface area contributed by atoms with Crippen molar-refractivity contribution in [3.63, 3.8) is 0 Å². The van der Waals surface area contributed by atoms with Crippen molar-refractivity contribution in [3.05, 3.63) is 238 Å². The van der Waals surface area contributed by atoms with Gasteiger partial charge in [-0.3, -0.25) is 0 Å². The maximum absolute atomic E-state index is 9.81. The predicted octanol–water partition coefficient (Wildman–Crippen LogP) is 16.3. The van der Waals surface area contributed by atoms with E-state index < -0.39 is 0 Å². The Kier molecular flexibility index (Phi) is 8.12. The highest BCUT2D eigenvalue weighted by Gasteiger charge is 2.37. The molecule has 64 heavy (non-hydrogen) atoms. The summed E-state index contributed by atoms with van der Waals surface area (Å²) < 4.78 is 0. The second-order valence-electron chi connectivity index (χ2n) is 18.7. The van der Waals surface area contributed by atoms with Crippen molar-refractivity contribution in [1.29, 1.82) is 5.26 Å². The molecule has 1 unspecified atom stereocenters. The molecule has 0 saturated heterocycles. The van der Waals surface area contributed by atoms with E-state index in [0.29, 0.717) is 11.3 Å². The van der Waals surface area contributed by atoms with Gasteiger partial charge >= 0.3 is 0 Å². The van der Waals surface area contributed by atoms with Gasteiger partial charge in [-0.15, -0.1) is 0 Å². The van der Waals surface area contributed by atoms with Crippen LogP contribution >= 0.6 is 0 Å². The number of rotatable bonds is 6. The standard InChI is InChI=1S/C61H43N3/c1-60(2)52-12-8-6-10-45(52)47-28-21-41(34-54(47)60)57(38-16-23-42(63-5)24-17-38)49-29-18-39-20-31-51-56(33-22-40-19-30-50(49)58(39)59(40)51)64(43-25-14-37(36-62)15-26-43)44-27-32-48-46-11-7-9-13-53(46)61(3,4)55(48)35-44/h6-35,57H,1-4H3. The Hall–Kier alpha value is -7.98. The summed E-state index contributed by atoms with van der Waals surface area (Å²) in [6, 6.07) is 68.5. The molecule has 0 saturated carbocycles. The van der Waals surface area contributed by atoms with E-state index in [4.69, 9.17) is 6.57 Å². The molecular formula is C61H43N3. The number of nitrogens with zero attached hydrogens (tertiary/aromatic N) is 3. The van der Waals surface area contributed by atoms with Crippen LogP contribution < -0.4 is 4.90 Å². The normalized spacial score (nSPS) is 14.4. The van der Waals surface area contributed by atoms with Gasteiger partial charge in [-0.2, -0.15) is 5.26 Å². The number of nitriles is 1. The molecule has 10 aromatic carbocycles. The van der Waals surface area contributed by atoms with Crippen molar-refractivity contribution < 1.29 is 0 Å². The molecule has 1 atom stereocenters. The zero-order chi connectivity index (χ0) is 43.5. The largest absolute Gasteiger partial charge is 0.310 e. The van der Waals surface area contributed by atoms with E-state index in [1.807, 2.05) is 24.3 Å². The Morgan fingerprint density at radius 1 is 0.500 bits per heavy atom. The lowest BCUT2D eigenvalue weighted by atomic mass is 9.77. The Bertz CT molecular complexity index is 3390. The third kappa shape index (κ3) is 5.38. The van der Waals surface area contributed by atoms with Crippen LogP contribution in [0.1, 0.15) is 78.1 Å². The van der Waals surface area contributed by atoms with E-state index in [-0.39, 0.29) is 16.7 Å². The third-order valence-corrected chi connectivity index (χ3v) is 14.6. The van der Waals surface area contributed by atoms with Crippen LogP contribution in [0, 0.1) is 17.9 Å². The molecule has 302 valence electrons. The molecule has 0 bridgehead atoms. The Morgan fingerprint density at radius 3 is 1.69 bits per heavy atom. The lowest BCUT2D eigenvalue weighted by molar-refractivity contribution is 0.659. The quantitative estimate of drug-likeness (QED) is 0.0951. The van der Waals surface area contributed by atoms with E-state index >= 15 is 0 Å². The van der Waals surface area contributed by atoms with Gasteiger partial charge in [0.05, 0.1) is 23.9 Å². The van der Waals surface area contributed by atoms with Crippen LogP contribution in [0.2, 0.25) is 0 Å². The summed E-state index contributed by atoms with van der Waals surface area (Å²) in [6.07, 6.45) is 0. The smallest absolute Gasteiger partial charge is 0.187 e. The van der Waals surface area contributed by atoms with Crippen molar-refractivity contribution >= 4 is 55.1 Å². The van der Waals surface area contributed by atoms with Gasteiger partial charge in [-0.05, 0) is 131 Å². The molecule has 3 heteroatoms. The van der Waals surface area contributed by atoms with E-state index in [2.05, 4.69) is 201 Å². The summed E-state index contributed by atoms with van der Waals surface area (Å²) in [5.74, 6) is -0.0809. The van der Waals surface area contributed by atoms with Crippen LogP contribution in [0.5, 0.6) is 0 Å². The highest BCUT2D eigenvalue weighted by atomic mass is 15.1. The average Bonchev–Trinajstić information content (AvgIpc) is 3.71. The van der Waals surface area contributed by atoms with Crippen molar-refractivity contribution in [2.24, 2.45) is 0 Å². The minimum absolute atomic E-state index is 0.0809. The maximum atomic E-state index is 9.81. The molecule has 0 heterocycles. The highest BCUT2D eigenvalue weighted by Crippen LogP contribution is 2.53. The van der Waals surface area contributed by atoms with Gasteiger partial charge < -0.3 is 4.90 Å². The fourth-order valence-electron chi connectivity index (χ4n) is 11.4. The first kappa shape index (κ1) is 37.8. The highest BCUT2D eigenvalue weighted by molar-refractivity contribution is 6.26. The molecule has 0 fully saturated rings. The zero-order valence-corrected chi connectivity index (χ0v) is 36.2. The van der Waals surface area contributed by atoms with Crippen LogP contribution in [0.25, 0.3) is 59.4 Å². The molecule has 0 amide bonds. The second kappa shape index (κ2) is 13.8. The Labute approximate surface area is 374 Å². The molecule has 10 aromatic rings. The first-order valence-electron chi connectivity index (χ1n) is 22.1. The molecule has 0 N–H and O–H groups in total. The van der Waals surface area contributed by atoms with Gasteiger partial charge in [-0.1, -0.05) is 167 Å². The summed E-state index contributed by atoms with van der Waals surface area (Å²) in [4.78, 5) is 6.13. The van der Waals surface area contributed by atoms with Crippen molar-refractivity contribution in [1.82, 2.24) is 0 Å². The van der Waals surface area contributed by atoms with Gasteiger partial charge in [0, 0.05) is 33.5 Å². The SMILES string of the molecule is [C-]#[N+]c1ccc(C(c2ccc3c(c2)C(C)(C)c2ccccc2-3)c2ccc3ccc4c(N(c5ccc(C#N)cc5)c5ccc6c(c5)C(C)(C)c5ccccc5-6)ccc5ccc2c3c54)cc1. The van der Waals surface area contributed by atoms with Gasteiger partial charge in [0.15, 0.2) is 5.69 Å². The Balaban J connectivity index is 1.08. The molecule has 3 nitrogen and oxygen atoms in total. The molecule has 0 spiro atoms. The molecule has 0 aromatic heterocycles. The lowest BCUT2D eigenvalue weighted by Crippen LogP contribution is -2.16. The molecule has 0 aliphatic heterocycles. The van der Waals surface area contributed by atoms with Crippen LogP contribution in [0.3, 0.4) is 0 Å². The number of anilines is 3. The molecule has 2 aliphatic carbocycles. The summed E-state index contributed by atoms with van der Waals surface area (Å²) in [5, 5.41) is 17.1. The third-order valence-electron chi connectivity index (χ3n) is 14.6. The topological polar surface area (TPSA) is 31.4 Å². The number of fused-ring (bicyclic) bond motifs is 6. The molecule has 12 rings (SSSR count). The fraction of sp³-hybridized carbons (Fsp3) is 0.115.